The summed E-state index contributed by atoms with van der Waals surface area (Å²) in [6.45, 7) is 0. The van der Waals surface area contributed by atoms with E-state index in [0.717, 1.165) is 6.26 Å². The minimum absolute atomic E-state index is 0. The Morgan fingerprint density at radius 1 is 1.80 bits per heavy atom. The van der Waals surface area contributed by atoms with Crippen LogP contribution in [0.3, 0.4) is 0 Å². The van der Waals surface area contributed by atoms with Crippen molar-refractivity contribution in [3.05, 3.63) is 0 Å². The Bertz CT molecular complexity index is 32.6. The van der Waals surface area contributed by atoms with Crippen LogP contribution in [0.5, 0.6) is 0 Å². The summed E-state index contributed by atoms with van der Waals surface area (Å²) < 4.78 is 18.0. The summed E-state index contributed by atoms with van der Waals surface area (Å²) in [4.78, 5) is 0. The van der Waals surface area contributed by atoms with Crippen LogP contribution < -0.4 is 0 Å². The Morgan fingerprint density at radius 2 is 1.80 bits per heavy atom. The van der Waals surface area contributed by atoms with E-state index in [1.807, 2.05) is 0 Å². The summed E-state index contributed by atoms with van der Waals surface area (Å²) in [6.07, 6.45) is 1.08. The predicted octanol–water partition coefficient (Wildman–Crippen LogP) is -0.507. The van der Waals surface area contributed by atoms with Crippen molar-refractivity contribution in [1.82, 2.24) is 0 Å². The molecule has 0 aliphatic rings. The molecule has 1 radical (unpaired) electrons. The second kappa shape index (κ2) is 4.77. The van der Waals surface area contributed by atoms with Crippen LogP contribution in [0.1, 0.15) is 0 Å². The van der Waals surface area contributed by atoms with Gasteiger partial charge in [-0.3, -0.25) is 4.21 Å². The minimum atomic E-state index is -1.86. The van der Waals surface area contributed by atoms with Gasteiger partial charge in [0.1, 0.15) is 0 Å². The molecule has 0 rings (SSSR count). The summed E-state index contributed by atoms with van der Waals surface area (Å²) in [7, 11) is 0. The van der Waals surface area contributed by atoms with E-state index in [0.29, 0.717) is 0 Å². The standard InChI is InChI=1S/CH4O2S.Re/c1-4(2)3;/h1H3,(H,2,3);/p-1. The monoisotopic (exact) mass is 266 g/mol. The number of rotatable bonds is 0. The van der Waals surface area contributed by atoms with E-state index < -0.39 is 11.1 Å². The first-order chi connectivity index (χ1) is 1.73. The molecule has 4 heteroatoms. The van der Waals surface area contributed by atoms with Gasteiger partial charge in [0, 0.05) is 20.4 Å². The number of hydrogen-bond acceptors (Lipinski definition) is 2. The van der Waals surface area contributed by atoms with Crippen molar-refractivity contribution >= 4 is 11.1 Å². The maximum atomic E-state index is 9.00. The normalized spacial score (nSPS) is 12.4. The van der Waals surface area contributed by atoms with E-state index in [1.54, 1.807) is 0 Å². The molecule has 0 saturated heterocycles. The zero-order valence-corrected chi connectivity index (χ0v) is 6.14. The van der Waals surface area contributed by atoms with Crippen LogP contribution in [0.2, 0.25) is 0 Å². The van der Waals surface area contributed by atoms with Gasteiger partial charge in [0.25, 0.3) is 0 Å². The Labute approximate surface area is 46.9 Å². The van der Waals surface area contributed by atoms with E-state index in [9.17, 15) is 0 Å². The average Bonchev–Trinajstić information content (AvgIpc) is 0.811. The first-order valence-electron chi connectivity index (χ1n) is 0.742. The SMILES string of the molecule is CS(=O)[O-].[Re]. The molecular weight excluding hydrogens is 262 g/mol. The molecule has 0 aliphatic heterocycles. The first kappa shape index (κ1) is 9.24. The van der Waals surface area contributed by atoms with Crippen molar-refractivity contribution in [2.75, 3.05) is 6.26 Å². The van der Waals surface area contributed by atoms with Gasteiger partial charge in [0.05, 0.1) is 0 Å². The summed E-state index contributed by atoms with van der Waals surface area (Å²) >= 11 is -1.86. The maximum Gasteiger partial charge on any atom is 0 e. The Balaban J connectivity index is 0. The second-order valence-electron chi connectivity index (χ2n) is 0.401. The van der Waals surface area contributed by atoms with Crippen molar-refractivity contribution in [1.29, 1.82) is 0 Å². The molecule has 5 heavy (non-hydrogen) atoms. The van der Waals surface area contributed by atoms with Gasteiger partial charge in [0.15, 0.2) is 0 Å². The fourth-order valence-corrected chi connectivity index (χ4v) is 0. The minimum Gasteiger partial charge on any atom is -0.773 e. The molecule has 0 N–H and O–H groups in total. The van der Waals surface area contributed by atoms with E-state index in [1.165, 1.54) is 0 Å². The van der Waals surface area contributed by atoms with Crippen molar-refractivity contribution in [3.8, 4) is 0 Å². The third-order valence-electron chi connectivity index (χ3n) is 0. The predicted molar refractivity (Wildman–Crippen MR) is 14.8 cm³/mol. The zero-order chi connectivity index (χ0) is 3.58. The van der Waals surface area contributed by atoms with Gasteiger partial charge in [-0.05, 0) is 6.26 Å². The largest absolute Gasteiger partial charge is 0.773 e. The molecule has 0 spiro atoms. The van der Waals surface area contributed by atoms with Crippen LogP contribution >= 0.6 is 0 Å². The molecule has 0 aromatic heterocycles. The molecule has 0 fully saturated rings. The molecule has 1 unspecified atom stereocenters. The number of hydrogen-bond donors (Lipinski definition) is 0. The fraction of sp³-hybridized carbons (Fsp3) is 1.00. The zero-order valence-electron chi connectivity index (χ0n) is 2.60. The molecular formula is CH3O2ReS-. The molecule has 0 aromatic carbocycles. The summed E-state index contributed by atoms with van der Waals surface area (Å²) in [5, 5.41) is 0. The van der Waals surface area contributed by atoms with E-state index >= 15 is 0 Å². The van der Waals surface area contributed by atoms with Crippen molar-refractivity contribution in [3.63, 3.8) is 0 Å². The Hall–Kier alpha value is 0.772. The fourth-order valence-electron chi connectivity index (χ4n) is 0. The van der Waals surface area contributed by atoms with E-state index in [-0.39, 0.29) is 20.4 Å². The van der Waals surface area contributed by atoms with Crippen molar-refractivity contribution in [2.24, 2.45) is 0 Å². The van der Waals surface area contributed by atoms with Gasteiger partial charge in [-0.2, -0.15) is 0 Å². The molecule has 0 aromatic rings. The Morgan fingerprint density at radius 3 is 1.80 bits per heavy atom. The molecule has 0 amide bonds. The summed E-state index contributed by atoms with van der Waals surface area (Å²) in [5.41, 5.74) is 0. The third kappa shape index (κ3) is 61.5. The quantitative estimate of drug-likeness (QED) is 0.554. The van der Waals surface area contributed by atoms with Gasteiger partial charge >= 0.3 is 0 Å². The topological polar surface area (TPSA) is 40.1 Å². The summed E-state index contributed by atoms with van der Waals surface area (Å²) in [5.74, 6) is 0. The van der Waals surface area contributed by atoms with Gasteiger partial charge in [-0.1, -0.05) is 11.1 Å². The maximum absolute atomic E-state index is 9.00. The van der Waals surface area contributed by atoms with Crippen molar-refractivity contribution < 1.29 is 29.2 Å². The van der Waals surface area contributed by atoms with Gasteiger partial charge < -0.3 is 4.55 Å². The average molecular weight is 265 g/mol. The summed E-state index contributed by atoms with van der Waals surface area (Å²) in [6, 6.07) is 0. The molecule has 0 heterocycles. The molecule has 33 valence electrons. The van der Waals surface area contributed by atoms with Gasteiger partial charge in [-0.15, -0.1) is 0 Å². The second-order valence-corrected chi connectivity index (χ2v) is 1.20. The van der Waals surface area contributed by atoms with Crippen LogP contribution in [0, 0.1) is 0 Å². The first-order valence-corrected chi connectivity index (χ1v) is 2.22. The van der Waals surface area contributed by atoms with Gasteiger partial charge in [-0.25, -0.2) is 0 Å². The van der Waals surface area contributed by atoms with Crippen LogP contribution in [0.25, 0.3) is 0 Å². The molecule has 0 bridgehead atoms. The Kier molecular flexibility index (Phi) is 8.82. The van der Waals surface area contributed by atoms with Crippen LogP contribution in [-0.4, -0.2) is 15.0 Å². The van der Waals surface area contributed by atoms with Crippen LogP contribution in [-0.2, 0) is 31.5 Å². The van der Waals surface area contributed by atoms with Crippen molar-refractivity contribution in [2.45, 2.75) is 0 Å². The molecule has 2 nitrogen and oxygen atoms in total. The molecule has 1 atom stereocenters. The smallest absolute Gasteiger partial charge is 0 e. The molecule has 0 aliphatic carbocycles. The van der Waals surface area contributed by atoms with Gasteiger partial charge in [0.2, 0.25) is 0 Å². The van der Waals surface area contributed by atoms with Crippen LogP contribution in [0.15, 0.2) is 0 Å². The third-order valence-corrected chi connectivity index (χ3v) is 0. The van der Waals surface area contributed by atoms with E-state index in [2.05, 4.69) is 0 Å². The van der Waals surface area contributed by atoms with Crippen LogP contribution in [0.4, 0.5) is 0 Å². The van der Waals surface area contributed by atoms with E-state index in [4.69, 9.17) is 8.76 Å². The molecule has 0 saturated carbocycles.